The molecule has 0 saturated heterocycles. The Morgan fingerprint density at radius 1 is 1.23 bits per heavy atom. The molecule has 0 bridgehead atoms. The normalized spacial score (nSPS) is 20.4. The molecule has 1 fully saturated rings. The van der Waals surface area contributed by atoms with Gasteiger partial charge in [-0.15, -0.1) is 0 Å². The van der Waals surface area contributed by atoms with Crippen molar-refractivity contribution in [1.29, 1.82) is 0 Å². The van der Waals surface area contributed by atoms with Gasteiger partial charge in [0.2, 0.25) is 5.89 Å². The molecule has 0 aliphatic heterocycles. The van der Waals surface area contributed by atoms with Crippen LogP contribution in [0, 0.1) is 0 Å². The Bertz CT molecular complexity index is 897. The molecule has 1 aliphatic carbocycles. The van der Waals surface area contributed by atoms with Gasteiger partial charge in [0.25, 0.3) is 5.91 Å². The highest BCUT2D eigenvalue weighted by atomic mass is 16.5. The number of carbonyl (C=O) groups is 1. The van der Waals surface area contributed by atoms with Crippen molar-refractivity contribution in [3.63, 3.8) is 0 Å². The first-order chi connectivity index (χ1) is 12.6. The van der Waals surface area contributed by atoms with E-state index >= 15 is 0 Å². The van der Waals surface area contributed by atoms with E-state index in [2.05, 4.69) is 20.6 Å². The number of nitrogens with one attached hydrogen (secondary N) is 1. The minimum Gasteiger partial charge on any atom is -0.385 e. The van der Waals surface area contributed by atoms with E-state index in [9.17, 15) is 9.90 Å². The van der Waals surface area contributed by atoms with E-state index in [1.54, 1.807) is 13.0 Å². The molecule has 1 aliphatic rings. The number of hydrogen-bond acceptors (Lipinski definition) is 7. The summed E-state index contributed by atoms with van der Waals surface area (Å²) in [6.45, 7) is 1.58. The van der Waals surface area contributed by atoms with Crippen LogP contribution in [0.3, 0.4) is 0 Å². The summed E-state index contributed by atoms with van der Waals surface area (Å²) in [7, 11) is 0. The molecule has 1 aromatic carbocycles. The van der Waals surface area contributed by atoms with Crippen molar-refractivity contribution in [3.8, 4) is 11.3 Å². The Hall–Kier alpha value is -3.00. The van der Waals surface area contributed by atoms with Gasteiger partial charge >= 0.3 is 0 Å². The van der Waals surface area contributed by atoms with Gasteiger partial charge < -0.3 is 19.5 Å². The summed E-state index contributed by atoms with van der Waals surface area (Å²) in [6.07, 6.45) is 0.654. The van der Waals surface area contributed by atoms with E-state index in [0.717, 1.165) is 5.56 Å². The first-order valence-electron chi connectivity index (χ1n) is 8.44. The maximum absolute atomic E-state index is 12.3. The first-order valence-corrected chi connectivity index (χ1v) is 8.44. The topological polar surface area (TPSA) is 114 Å². The highest BCUT2D eigenvalue weighted by molar-refractivity contribution is 5.93. The molecule has 1 saturated carbocycles. The Kier molecular flexibility index (Phi) is 4.26. The lowest BCUT2D eigenvalue weighted by atomic mass is 9.80. The molecule has 26 heavy (non-hydrogen) atoms. The van der Waals surface area contributed by atoms with Gasteiger partial charge in [0, 0.05) is 23.6 Å². The van der Waals surface area contributed by atoms with Crippen LogP contribution in [0.25, 0.3) is 11.3 Å². The predicted molar refractivity (Wildman–Crippen MR) is 90.1 cm³/mol. The Labute approximate surface area is 149 Å². The zero-order chi connectivity index (χ0) is 18.1. The van der Waals surface area contributed by atoms with Crippen LogP contribution in [0.15, 0.2) is 45.4 Å². The summed E-state index contributed by atoms with van der Waals surface area (Å²) in [5.74, 6) is 1.16. The number of benzene rings is 1. The van der Waals surface area contributed by atoms with E-state index in [4.69, 9.17) is 9.05 Å². The largest absolute Gasteiger partial charge is 0.385 e. The molecule has 0 radical (unpaired) electrons. The van der Waals surface area contributed by atoms with Gasteiger partial charge in [0.15, 0.2) is 17.3 Å². The number of carbonyl (C=O) groups excluding carboxylic acids is 1. The molecule has 1 atom stereocenters. The fourth-order valence-electron chi connectivity index (χ4n) is 2.90. The van der Waals surface area contributed by atoms with Crippen molar-refractivity contribution >= 4 is 5.91 Å². The number of amides is 1. The minimum absolute atomic E-state index is 0.0197. The quantitative estimate of drug-likeness (QED) is 0.723. The van der Waals surface area contributed by atoms with Crippen LogP contribution >= 0.6 is 0 Å². The van der Waals surface area contributed by atoms with E-state index in [0.29, 0.717) is 24.5 Å². The molecule has 0 spiro atoms. The third kappa shape index (κ3) is 3.23. The van der Waals surface area contributed by atoms with Crippen molar-refractivity contribution in [2.24, 2.45) is 0 Å². The second-order valence-corrected chi connectivity index (χ2v) is 6.45. The van der Waals surface area contributed by atoms with E-state index in [1.807, 2.05) is 30.3 Å². The van der Waals surface area contributed by atoms with Gasteiger partial charge in [-0.1, -0.05) is 40.6 Å². The van der Waals surface area contributed by atoms with Gasteiger partial charge in [0.05, 0.1) is 0 Å². The predicted octanol–water partition coefficient (Wildman–Crippen LogP) is 2.45. The highest BCUT2D eigenvalue weighted by Crippen LogP contribution is 2.36. The smallest absolute Gasteiger partial charge is 0.273 e. The number of aliphatic hydroxyl groups is 1. The lowest BCUT2D eigenvalue weighted by molar-refractivity contribution is 0.0892. The van der Waals surface area contributed by atoms with Gasteiger partial charge in [-0.3, -0.25) is 4.79 Å². The molecule has 2 aromatic heterocycles. The molecular formula is C18H18N4O4. The van der Waals surface area contributed by atoms with Gasteiger partial charge in [-0.05, 0) is 19.8 Å². The monoisotopic (exact) mass is 354 g/mol. The molecule has 2 N–H and O–H groups in total. The molecular weight excluding hydrogens is 336 g/mol. The van der Waals surface area contributed by atoms with Crippen molar-refractivity contribution in [2.75, 3.05) is 0 Å². The minimum atomic E-state index is -0.756. The number of aliphatic hydroxyl groups excluding tert-OH is 1. The maximum Gasteiger partial charge on any atom is 0.273 e. The average Bonchev–Trinajstić information content (AvgIpc) is 3.28. The molecule has 1 amide bonds. The molecule has 3 aromatic rings. The fourth-order valence-corrected chi connectivity index (χ4v) is 2.90. The third-order valence-electron chi connectivity index (χ3n) is 4.45. The summed E-state index contributed by atoms with van der Waals surface area (Å²) in [5, 5.41) is 19.9. The second kappa shape index (κ2) is 6.72. The molecule has 8 nitrogen and oxygen atoms in total. The SMILES string of the molecule is CC(O)c1noc([C@H]2C[C@@H](NC(=O)c3cc(-c4ccccc4)on3)C2)n1. The Balaban J connectivity index is 1.33. The summed E-state index contributed by atoms with van der Waals surface area (Å²) < 4.78 is 10.4. The van der Waals surface area contributed by atoms with Gasteiger partial charge in [-0.2, -0.15) is 4.98 Å². The molecule has 4 rings (SSSR count). The zero-order valence-corrected chi connectivity index (χ0v) is 14.1. The van der Waals surface area contributed by atoms with Crippen molar-refractivity contribution in [3.05, 3.63) is 53.8 Å². The van der Waals surface area contributed by atoms with Crippen molar-refractivity contribution in [2.45, 2.75) is 37.8 Å². The van der Waals surface area contributed by atoms with Crippen LogP contribution in [0.1, 0.15) is 54.0 Å². The highest BCUT2D eigenvalue weighted by Gasteiger charge is 2.36. The molecule has 2 heterocycles. The summed E-state index contributed by atoms with van der Waals surface area (Å²) in [6, 6.07) is 11.1. The van der Waals surface area contributed by atoms with Crippen LogP contribution in [0.5, 0.6) is 0 Å². The van der Waals surface area contributed by atoms with Crippen molar-refractivity contribution < 1.29 is 18.9 Å². The van der Waals surface area contributed by atoms with Crippen LogP contribution < -0.4 is 5.32 Å². The first kappa shape index (κ1) is 16.5. The standard InChI is InChI=1S/C18H18N4O4/c1-10(23)16-20-18(26-22-16)12-7-13(8-12)19-17(24)14-9-15(25-21-14)11-5-3-2-4-6-11/h2-6,9-10,12-13,23H,7-8H2,1H3,(H,19,24)/t10?,12-,13+. The van der Waals surface area contributed by atoms with Gasteiger partial charge in [0.1, 0.15) is 6.10 Å². The van der Waals surface area contributed by atoms with Gasteiger partial charge in [-0.25, -0.2) is 0 Å². The van der Waals surface area contributed by atoms with Crippen molar-refractivity contribution in [1.82, 2.24) is 20.6 Å². The summed E-state index contributed by atoms with van der Waals surface area (Å²) in [5.41, 5.74) is 1.12. The molecule has 8 heteroatoms. The Morgan fingerprint density at radius 2 is 2.00 bits per heavy atom. The molecule has 134 valence electrons. The van der Waals surface area contributed by atoms with Crippen LogP contribution in [0.2, 0.25) is 0 Å². The number of rotatable bonds is 5. The van der Waals surface area contributed by atoms with Crippen LogP contribution in [-0.2, 0) is 0 Å². The molecule has 1 unspecified atom stereocenters. The lowest BCUT2D eigenvalue weighted by Crippen LogP contribution is -2.43. The van der Waals surface area contributed by atoms with E-state index < -0.39 is 6.10 Å². The van der Waals surface area contributed by atoms with E-state index in [-0.39, 0.29) is 29.4 Å². The second-order valence-electron chi connectivity index (χ2n) is 6.45. The summed E-state index contributed by atoms with van der Waals surface area (Å²) in [4.78, 5) is 16.5. The summed E-state index contributed by atoms with van der Waals surface area (Å²) >= 11 is 0. The Morgan fingerprint density at radius 3 is 2.69 bits per heavy atom. The zero-order valence-electron chi connectivity index (χ0n) is 14.1. The number of nitrogens with zero attached hydrogens (tertiary/aromatic N) is 3. The van der Waals surface area contributed by atoms with Crippen LogP contribution in [-0.4, -0.2) is 32.4 Å². The number of aromatic nitrogens is 3. The van der Waals surface area contributed by atoms with E-state index in [1.165, 1.54) is 0 Å². The van der Waals surface area contributed by atoms with Crippen LogP contribution in [0.4, 0.5) is 0 Å². The average molecular weight is 354 g/mol. The maximum atomic E-state index is 12.3. The third-order valence-corrected chi connectivity index (χ3v) is 4.45. The fraction of sp³-hybridized carbons (Fsp3) is 0.333. The number of hydrogen-bond donors (Lipinski definition) is 2. The lowest BCUT2D eigenvalue weighted by Gasteiger charge is -2.33.